The van der Waals surface area contributed by atoms with E-state index in [2.05, 4.69) is 0 Å². The van der Waals surface area contributed by atoms with Crippen LogP contribution in [0.1, 0.15) is 30.3 Å². The van der Waals surface area contributed by atoms with Crippen LogP contribution in [-0.2, 0) is 9.53 Å². The third kappa shape index (κ3) is 3.34. The van der Waals surface area contributed by atoms with E-state index in [1.54, 1.807) is 36.1 Å². The summed E-state index contributed by atoms with van der Waals surface area (Å²) in [5.74, 6) is -0.425. The summed E-state index contributed by atoms with van der Waals surface area (Å²) in [6, 6.07) is 6.91. The number of esters is 1. The number of piperidine rings is 1. The number of benzene rings is 1. The molecule has 2 heterocycles. The fourth-order valence-electron chi connectivity index (χ4n) is 2.89. The van der Waals surface area contributed by atoms with Gasteiger partial charge in [0.2, 0.25) is 0 Å². The van der Waals surface area contributed by atoms with Gasteiger partial charge in [-0.05, 0) is 44.0 Å². The largest absolute Gasteiger partial charge is 0.466 e. The summed E-state index contributed by atoms with van der Waals surface area (Å²) in [5.41, 5.74) is 0.622. The third-order valence-electron chi connectivity index (χ3n) is 4.02. The van der Waals surface area contributed by atoms with Gasteiger partial charge in [0.25, 0.3) is 5.91 Å². The number of carbonyl (C=O) groups is 2. The minimum absolute atomic E-state index is 0.202. The second kappa shape index (κ2) is 6.62. The van der Waals surface area contributed by atoms with Crippen LogP contribution >= 0.6 is 11.6 Å². The summed E-state index contributed by atoms with van der Waals surface area (Å²) in [6.45, 7) is 3.12. The fraction of sp³-hybridized carbons (Fsp3) is 0.412. The van der Waals surface area contributed by atoms with E-state index in [1.165, 1.54) is 0 Å². The summed E-state index contributed by atoms with van der Waals surface area (Å²) in [7, 11) is 0. The molecule has 122 valence electrons. The molecule has 5 nitrogen and oxygen atoms in total. The highest BCUT2D eigenvalue weighted by atomic mass is 35.5. The monoisotopic (exact) mass is 335 g/mol. The van der Waals surface area contributed by atoms with E-state index in [1.807, 2.05) is 0 Å². The SMILES string of the molecule is CCOC(=O)[C@@H]1CCCN(C(=O)c2cc3cc(Cl)ccc3o2)C1. The van der Waals surface area contributed by atoms with Crippen LogP contribution in [0.5, 0.6) is 0 Å². The Morgan fingerprint density at radius 2 is 2.22 bits per heavy atom. The number of hydrogen-bond acceptors (Lipinski definition) is 4. The quantitative estimate of drug-likeness (QED) is 0.805. The van der Waals surface area contributed by atoms with Gasteiger partial charge >= 0.3 is 5.97 Å². The van der Waals surface area contributed by atoms with Crippen LogP contribution in [0.15, 0.2) is 28.7 Å². The van der Waals surface area contributed by atoms with Crippen LogP contribution < -0.4 is 0 Å². The Morgan fingerprint density at radius 3 is 3.00 bits per heavy atom. The first kappa shape index (κ1) is 15.9. The predicted molar refractivity (Wildman–Crippen MR) is 86.5 cm³/mol. The van der Waals surface area contributed by atoms with Gasteiger partial charge in [-0.15, -0.1) is 0 Å². The van der Waals surface area contributed by atoms with Crippen molar-refractivity contribution in [1.82, 2.24) is 4.90 Å². The molecule has 6 heteroatoms. The Bertz CT molecular complexity index is 739. The molecule has 0 bridgehead atoms. The number of fused-ring (bicyclic) bond motifs is 1. The predicted octanol–water partition coefficient (Wildman–Crippen LogP) is 3.50. The van der Waals surface area contributed by atoms with Gasteiger partial charge in [0.05, 0.1) is 12.5 Å². The lowest BCUT2D eigenvalue weighted by Gasteiger charge is -2.30. The highest BCUT2D eigenvalue weighted by molar-refractivity contribution is 6.31. The molecule has 1 amide bonds. The molecular formula is C17H18ClNO4. The summed E-state index contributed by atoms with van der Waals surface area (Å²) in [4.78, 5) is 26.2. The lowest BCUT2D eigenvalue weighted by molar-refractivity contribution is -0.149. The van der Waals surface area contributed by atoms with Gasteiger partial charge in [-0.1, -0.05) is 11.6 Å². The topological polar surface area (TPSA) is 59.8 Å². The zero-order valence-corrected chi connectivity index (χ0v) is 13.6. The van der Waals surface area contributed by atoms with Crippen LogP contribution in [0, 0.1) is 5.92 Å². The van der Waals surface area contributed by atoms with Crippen molar-refractivity contribution < 1.29 is 18.7 Å². The molecule has 1 aromatic heterocycles. The molecule has 1 atom stereocenters. The maximum atomic E-state index is 12.6. The molecule has 2 aromatic rings. The molecular weight excluding hydrogens is 318 g/mol. The van der Waals surface area contributed by atoms with Crippen LogP contribution in [0.4, 0.5) is 0 Å². The van der Waals surface area contributed by atoms with Crippen molar-refractivity contribution in [2.24, 2.45) is 5.92 Å². The number of ether oxygens (including phenoxy) is 1. The number of hydrogen-bond donors (Lipinski definition) is 0. The molecule has 1 aromatic carbocycles. The van der Waals surface area contributed by atoms with Crippen molar-refractivity contribution in [3.05, 3.63) is 35.0 Å². The van der Waals surface area contributed by atoms with Crippen molar-refractivity contribution in [2.45, 2.75) is 19.8 Å². The van der Waals surface area contributed by atoms with E-state index in [0.29, 0.717) is 30.3 Å². The number of rotatable bonds is 3. The van der Waals surface area contributed by atoms with E-state index in [9.17, 15) is 9.59 Å². The van der Waals surface area contributed by atoms with Gasteiger partial charge in [-0.3, -0.25) is 9.59 Å². The first-order valence-corrected chi connectivity index (χ1v) is 8.11. The third-order valence-corrected chi connectivity index (χ3v) is 4.25. The molecule has 0 unspecified atom stereocenters. The number of furan rings is 1. The zero-order chi connectivity index (χ0) is 16.4. The Balaban J connectivity index is 1.77. The molecule has 0 radical (unpaired) electrons. The van der Waals surface area contributed by atoms with Gasteiger partial charge in [0, 0.05) is 23.5 Å². The average Bonchev–Trinajstić information content (AvgIpc) is 2.97. The average molecular weight is 336 g/mol. The Hall–Kier alpha value is -2.01. The Labute approximate surface area is 139 Å². The summed E-state index contributed by atoms with van der Waals surface area (Å²) < 4.78 is 10.7. The second-order valence-electron chi connectivity index (χ2n) is 5.64. The van der Waals surface area contributed by atoms with E-state index in [4.69, 9.17) is 20.8 Å². The van der Waals surface area contributed by atoms with Crippen molar-refractivity contribution in [1.29, 1.82) is 0 Å². The van der Waals surface area contributed by atoms with Crippen LogP contribution in [-0.4, -0.2) is 36.5 Å². The maximum absolute atomic E-state index is 12.6. The van der Waals surface area contributed by atoms with Crippen molar-refractivity contribution in [3.8, 4) is 0 Å². The summed E-state index contributed by atoms with van der Waals surface area (Å²) >= 11 is 5.95. The number of likely N-dealkylation sites (tertiary alicyclic amines) is 1. The highest BCUT2D eigenvalue weighted by Crippen LogP contribution is 2.25. The van der Waals surface area contributed by atoms with Gasteiger partial charge in [-0.25, -0.2) is 0 Å². The molecule has 3 rings (SSSR count). The first-order chi connectivity index (χ1) is 11.1. The maximum Gasteiger partial charge on any atom is 0.310 e. The van der Waals surface area contributed by atoms with E-state index in [0.717, 1.165) is 18.2 Å². The molecule has 0 saturated carbocycles. The van der Waals surface area contributed by atoms with Gasteiger partial charge in [0.15, 0.2) is 5.76 Å². The Morgan fingerprint density at radius 1 is 1.39 bits per heavy atom. The molecule has 1 aliphatic rings. The molecule has 23 heavy (non-hydrogen) atoms. The standard InChI is InChI=1S/C17H18ClNO4/c1-2-22-17(21)11-4-3-7-19(10-11)16(20)15-9-12-8-13(18)5-6-14(12)23-15/h5-6,8-9,11H,2-4,7,10H2,1H3/t11-/m1/s1. The number of carbonyl (C=O) groups excluding carboxylic acids is 2. The number of amides is 1. The second-order valence-corrected chi connectivity index (χ2v) is 6.07. The minimum Gasteiger partial charge on any atom is -0.466 e. The van der Waals surface area contributed by atoms with Crippen molar-refractivity contribution >= 4 is 34.4 Å². The molecule has 1 aliphatic heterocycles. The minimum atomic E-state index is -0.258. The first-order valence-electron chi connectivity index (χ1n) is 7.73. The van der Waals surface area contributed by atoms with E-state index < -0.39 is 0 Å². The van der Waals surface area contributed by atoms with Crippen LogP contribution in [0.2, 0.25) is 5.02 Å². The van der Waals surface area contributed by atoms with Gasteiger partial charge in [-0.2, -0.15) is 0 Å². The Kier molecular flexibility index (Phi) is 4.57. The van der Waals surface area contributed by atoms with Gasteiger partial charge in [0.1, 0.15) is 5.58 Å². The van der Waals surface area contributed by atoms with E-state index in [-0.39, 0.29) is 23.6 Å². The van der Waals surface area contributed by atoms with Crippen LogP contribution in [0.3, 0.4) is 0 Å². The normalized spacial score (nSPS) is 18.2. The lowest BCUT2D eigenvalue weighted by Crippen LogP contribution is -2.42. The molecule has 1 fully saturated rings. The molecule has 1 saturated heterocycles. The van der Waals surface area contributed by atoms with Gasteiger partial charge < -0.3 is 14.1 Å². The summed E-state index contributed by atoms with van der Waals surface area (Å²) in [6.07, 6.45) is 1.53. The zero-order valence-electron chi connectivity index (χ0n) is 12.9. The van der Waals surface area contributed by atoms with Crippen LogP contribution in [0.25, 0.3) is 11.0 Å². The number of nitrogens with zero attached hydrogens (tertiary/aromatic N) is 1. The molecule has 0 spiro atoms. The molecule has 0 N–H and O–H groups in total. The van der Waals surface area contributed by atoms with Crippen molar-refractivity contribution in [2.75, 3.05) is 19.7 Å². The number of halogens is 1. The molecule has 0 aliphatic carbocycles. The highest BCUT2D eigenvalue weighted by Gasteiger charge is 2.31. The van der Waals surface area contributed by atoms with Crippen molar-refractivity contribution in [3.63, 3.8) is 0 Å². The lowest BCUT2D eigenvalue weighted by atomic mass is 9.98. The van der Waals surface area contributed by atoms with E-state index >= 15 is 0 Å². The summed E-state index contributed by atoms with van der Waals surface area (Å²) in [5, 5.41) is 1.39. The smallest absolute Gasteiger partial charge is 0.310 e. The fourth-order valence-corrected chi connectivity index (χ4v) is 3.07.